The summed E-state index contributed by atoms with van der Waals surface area (Å²) in [5.74, 6) is 0.772. The zero-order valence-corrected chi connectivity index (χ0v) is 15.8. The number of piperidine rings is 1. The minimum atomic E-state index is -0.263. The number of nitrogens with zero attached hydrogens (tertiary/aromatic N) is 3. The van der Waals surface area contributed by atoms with Gasteiger partial charge in [0.05, 0.1) is 11.9 Å². The molecule has 5 nitrogen and oxygen atoms in total. The van der Waals surface area contributed by atoms with Crippen LogP contribution in [-0.4, -0.2) is 40.9 Å². The Labute approximate surface area is 159 Å². The molecule has 1 unspecified atom stereocenters. The molecule has 1 amide bonds. The summed E-state index contributed by atoms with van der Waals surface area (Å²) in [6, 6.07) is 7.30. The normalized spacial score (nSPS) is 16.2. The summed E-state index contributed by atoms with van der Waals surface area (Å²) >= 11 is 6.03. The Morgan fingerprint density at radius 1 is 1.27 bits per heavy atom. The molecule has 1 atom stereocenters. The highest BCUT2D eigenvalue weighted by atomic mass is 35.5. The molecule has 1 aromatic carbocycles. The largest absolute Gasteiger partial charge is 0.333 e. The lowest BCUT2D eigenvalue weighted by molar-refractivity contribution is -0.131. The molecular weight excluding hydrogens is 348 g/mol. The molecule has 2 aromatic rings. The summed E-state index contributed by atoms with van der Waals surface area (Å²) in [5.41, 5.74) is 1.74. The summed E-state index contributed by atoms with van der Waals surface area (Å²) in [6.45, 7) is 2.11. The van der Waals surface area contributed by atoms with Crippen LogP contribution in [0.3, 0.4) is 0 Å². The highest BCUT2D eigenvalue weighted by Crippen LogP contribution is 2.28. The van der Waals surface area contributed by atoms with Crippen molar-refractivity contribution in [3.8, 4) is 0 Å². The first-order valence-electron chi connectivity index (χ1n) is 9.13. The zero-order valence-electron chi connectivity index (χ0n) is 15.1. The van der Waals surface area contributed by atoms with Crippen molar-refractivity contribution in [2.75, 3.05) is 20.1 Å². The maximum absolute atomic E-state index is 12.9. The van der Waals surface area contributed by atoms with Crippen molar-refractivity contribution in [1.29, 1.82) is 0 Å². The van der Waals surface area contributed by atoms with Crippen LogP contribution in [-0.2, 0) is 4.79 Å². The molecule has 1 saturated heterocycles. The number of carbonyl (C=O) groups is 1. The third kappa shape index (κ3) is 4.80. The Hall–Kier alpha value is -1.98. The molecule has 6 heteroatoms. The molecule has 2 heterocycles. The van der Waals surface area contributed by atoms with E-state index in [2.05, 4.69) is 15.3 Å². The van der Waals surface area contributed by atoms with E-state index in [0.717, 1.165) is 43.6 Å². The van der Waals surface area contributed by atoms with E-state index in [1.54, 1.807) is 23.5 Å². The van der Waals surface area contributed by atoms with Gasteiger partial charge >= 0.3 is 0 Å². The minimum absolute atomic E-state index is 0.133. The maximum atomic E-state index is 12.9. The first-order valence-corrected chi connectivity index (χ1v) is 9.50. The average Bonchev–Trinajstić information content (AvgIpc) is 2.69. The fourth-order valence-corrected chi connectivity index (χ4v) is 3.63. The van der Waals surface area contributed by atoms with Gasteiger partial charge in [-0.3, -0.25) is 14.8 Å². The Bertz CT molecular complexity index is 702. The van der Waals surface area contributed by atoms with Crippen molar-refractivity contribution in [2.24, 2.45) is 5.92 Å². The van der Waals surface area contributed by atoms with Crippen molar-refractivity contribution in [3.63, 3.8) is 0 Å². The topological polar surface area (TPSA) is 58.1 Å². The summed E-state index contributed by atoms with van der Waals surface area (Å²) in [7, 11) is 1.85. The van der Waals surface area contributed by atoms with E-state index in [9.17, 15) is 4.79 Å². The maximum Gasteiger partial charge on any atom is 0.223 e. The predicted molar refractivity (Wildman–Crippen MR) is 103 cm³/mol. The van der Waals surface area contributed by atoms with Gasteiger partial charge in [0.15, 0.2) is 0 Å². The smallest absolute Gasteiger partial charge is 0.223 e. The number of rotatable bonds is 6. The second-order valence-corrected chi connectivity index (χ2v) is 7.26. The molecular formula is C20H25ClN4O. The molecule has 0 radical (unpaired) electrons. The van der Waals surface area contributed by atoms with Crippen LogP contribution >= 0.6 is 11.6 Å². The minimum Gasteiger partial charge on any atom is -0.333 e. The summed E-state index contributed by atoms with van der Waals surface area (Å²) < 4.78 is 0. The van der Waals surface area contributed by atoms with Crippen LogP contribution in [0.2, 0.25) is 5.02 Å². The lowest BCUT2D eigenvalue weighted by atomic mass is 9.92. The highest BCUT2D eigenvalue weighted by Gasteiger charge is 2.25. The van der Waals surface area contributed by atoms with Gasteiger partial charge in [-0.05, 0) is 56.0 Å². The van der Waals surface area contributed by atoms with E-state index in [1.165, 1.54) is 0 Å². The quantitative estimate of drug-likeness (QED) is 0.843. The third-order valence-corrected chi connectivity index (χ3v) is 5.31. The standard InChI is InChI=1S/C20H25ClN4O/c1-25(19(26)7-2-15-8-10-22-11-9-15)20(18-14-23-12-13-24-18)16-3-5-17(21)6-4-16/h3-6,12-15,20,22H,2,7-11H2,1H3. The van der Waals surface area contributed by atoms with Crippen LogP contribution in [0.15, 0.2) is 42.9 Å². The van der Waals surface area contributed by atoms with E-state index in [1.807, 2.05) is 31.3 Å². The van der Waals surface area contributed by atoms with Crippen LogP contribution in [0, 0.1) is 5.92 Å². The van der Waals surface area contributed by atoms with Gasteiger partial charge in [0.1, 0.15) is 6.04 Å². The molecule has 1 N–H and O–H groups in total. The van der Waals surface area contributed by atoms with Crippen molar-refractivity contribution >= 4 is 17.5 Å². The molecule has 1 aliphatic rings. The molecule has 0 bridgehead atoms. The van der Waals surface area contributed by atoms with Gasteiger partial charge in [0.2, 0.25) is 5.91 Å². The Morgan fingerprint density at radius 3 is 2.65 bits per heavy atom. The molecule has 1 aromatic heterocycles. The molecule has 26 heavy (non-hydrogen) atoms. The summed E-state index contributed by atoms with van der Waals surface area (Å²) in [5, 5.41) is 4.04. The fraction of sp³-hybridized carbons (Fsp3) is 0.450. The van der Waals surface area contributed by atoms with Crippen LogP contribution < -0.4 is 5.32 Å². The lowest BCUT2D eigenvalue weighted by Crippen LogP contribution is -2.33. The van der Waals surface area contributed by atoms with Crippen LogP contribution in [0.4, 0.5) is 0 Å². The average molecular weight is 373 g/mol. The Balaban J connectivity index is 1.74. The molecule has 138 valence electrons. The van der Waals surface area contributed by atoms with Crippen molar-refractivity contribution < 1.29 is 4.79 Å². The number of amides is 1. The Morgan fingerprint density at radius 2 is 2.00 bits per heavy atom. The van der Waals surface area contributed by atoms with Crippen molar-refractivity contribution in [3.05, 3.63) is 59.1 Å². The van der Waals surface area contributed by atoms with Crippen LogP contribution in [0.1, 0.15) is 43.0 Å². The first kappa shape index (κ1) is 18.8. The fourth-order valence-electron chi connectivity index (χ4n) is 3.51. The zero-order chi connectivity index (χ0) is 18.4. The molecule has 0 spiro atoms. The molecule has 0 saturated carbocycles. The lowest BCUT2D eigenvalue weighted by Gasteiger charge is -2.29. The van der Waals surface area contributed by atoms with Gasteiger partial charge in [-0.2, -0.15) is 0 Å². The number of aromatic nitrogens is 2. The third-order valence-electron chi connectivity index (χ3n) is 5.05. The highest BCUT2D eigenvalue weighted by molar-refractivity contribution is 6.30. The number of benzene rings is 1. The van der Waals surface area contributed by atoms with Gasteiger partial charge < -0.3 is 10.2 Å². The monoisotopic (exact) mass is 372 g/mol. The number of hydrogen-bond acceptors (Lipinski definition) is 4. The number of halogens is 1. The second kappa shape index (κ2) is 9.10. The summed E-state index contributed by atoms with van der Waals surface area (Å²) in [4.78, 5) is 23.3. The first-order chi connectivity index (χ1) is 12.6. The van der Waals surface area contributed by atoms with Crippen LogP contribution in [0.5, 0.6) is 0 Å². The van der Waals surface area contributed by atoms with Gasteiger partial charge in [0.25, 0.3) is 0 Å². The van der Waals surface area contributed by atoms with E-state index in [-0.39, 0.29) is 11.9 Å². The molecule has 3 rings (SSSR count). The predicted octanol–water partition coefficient (Wildman–Crippen LogP) is 3.46. The molecule has 1 aliphatic heterocycles. The van der Waals surface area contributed by atoms with E-state index in [0.29, 0.717) is 17.4 Å². The SMILES string of the molecule is CN(C(=O)CCC1CCNCC1)C(c1ccc(Cl)cc1)c1cnccn1. The van der Waals surface area contributed by atoms with Gasteiger partial charge in [-0.1, -0.05) is 23.7 Å². The van der Waals surface area contributed by atoms with Gasteiger partial charge in [-0.15, -0.1) is 0 Å². The Kier molecular flexibility index (Phi) is 6.58. The molecule has 0 aliphatic carbocycles. The van der Waals surface area contributed by atoms with Gasteiger partial charge in [0, 0.05) is 30.9 Å². The van der Waals surface area contributed by atoms with Crippen molar-refractivity contribution in [2.45, 2.75) is 31.7 Å². The molecule has 1 fully saturated rings. The van der Waals surface area contributed by atoms with E-state index >= 15 is 0 Å². The second-order valence-electron chi connectivity index (χ2n) is 6.82. The number of nitrogens with one attached hydrogen (secondary N) is 1. The van der Waals surface area contributed by atoms with Gasteiger partial charge in [-0.25, -0.2) is 0 Å². The number of carbonyl (C=O) groups excluding carboxylic acids is 1. The van der Waals surface area contributed by atoms with E-state index in [4.69, 9.17) is 11.6 Å². The van der Waals surface area contributed by atoms with Crippen molar-refractivity contribution in [1.82, 2.24) is 20.2 Å². The number of hydrogen-bond donors (Lipinski definition) is 1. The van der Waals surface area contributed by atoms with E-state index < -0.39 is 0 Å². The van der Waals surface area contributed by atoms with Crippen LogP contribution in [0.25, 0.3) is 0 Å². The summed E-state index contributed by atoms with van der Waals surface area (Å²) in [6.07, 6.45) is 8.83.